The molecule has 1 aromatic rings. The number of hydrogen-bond acceptors (Lipinski definition) is 4. The van der Waals surface area contributed by atoms with Crippen LogP contribution >= 0.6 is 0 Å². The van der Waals surface area contributed by atoms with Crippen LogP contribution in [-0.4, -0.2) is 32.1 Å². The van der Waals surface area contributed by atoms with Crippen LogP contribution in [-0.2, 0) is 16.8 Å². The molecule has 0 bridgehead atoms. The molecule has 0 spiro atoms. The van der Waals surface area contributed by atoms with Crippen LogP contribution in [0, 0.1) is 0 Å². The maximum absolute atomic E-state index is 6.23. The van der Waals surface area contributed by atoms with Crippen molar-refractivity contribution in [3.8, 4) is 5.75 Å². The Labute approximate surface area is 113 Å². The van der Waals surface area contributed by atoms with Crippen LogP contribution < -0.4 is 10.1 Å². The van der Waals surface area contributed by atoms with Gasteiger partial charge in [0.1, 0.15) is 17.2 Å². The van der Waals surface area contributed by atoms with Gasteiger partial charge in [-0.25, -0.2) is 0 Å². The lowest BCUT2D eigenvalue weighted by Crippen LogP contribution is -2.47. The third-order valence-corrected chi connectivity index (χ3v) is 3.92. The third kappa shape index (κ3) is 1.91. The van der Waals surface area contributed by atoms with Crippen LogP contribution in [0.15, 0.2) is 23.2 Å². The molecule has 0 fully saturated rings. The molecule has 3 rings (SSSR count). The maximum atomic E-state index is 6.23. The second-order valence-electron chi connectivity index (χ2n) is 5.31. The summed E-state index contributed by atoms with van der Waals surface area (Å²) in [5, 5.41) is 3.35. The van der Waals surface area contributed by atoms with E-state index in [-0.39, 0.29) is 6.10 Å². The van der Waals surface area contributed by atoms with Crippen molar-refractivity contribution in [1.82, 2.24) is 5.32 Å². The molecule has 1 aromatic carbocycles. The zero-order chi connectivity index (χ0) is 13.5. The summed E-state index contributed by atoms with van der Waals surface area (Å²) in [4.78, 5) is 4.56. The molecular formula is C15H20N2O2. The van der Waals surface area contributed by atoms with E-state index >= 15 is 0 Å². The van der Waals surface area contributed by atoms with Crippen molar-refractivity contribution in [2.24, 2.45) is 4.99 Å². The van der Waals surface area contributed by atoms with Gasteiger partial charge in [0, 0.05) is 18.5 Å². The van der Waals surface area contributed by atoms with Gasteiger partial charge in [0.15, 0.2) is 0 Å². The number of aliphatic imine (C=N–C) groups is 1. The fourth-order valence-electron chi connectivity index (χ4n) is 3.11. The van der Waals surface area contributed by atoms with Gasteiger partial charge in [-0.1, -0.05) is 12.1 Å². The van der Waals surface area contributed by atoms with Crippen LogP contribution in [0.1, 0.15) is 25.0 Å². The lowest BCUT2D eigenvalue weighted by molar-refractivity contribution is -0.0478. The summed E-state index contributed by atoms with van der Waals surface area (Å²) < 4.78 is 11.7. The van der Waals surface area contributed by atoms with E-state index in [1.54, 1.807) is 7.11 Å². The number of nitrogens with zero attached hydrogens (tertiary/aromatic N) is 1. The number of nitrogens with one attached hydrogen (secondary N) is 1. The maximum Gasteiger partial charge on any atom is 0.148 e. The molecule has 2 heterocycles. The van der Waals surface area contributed by atoms with Crippen LogP contribution in [0.5, 0.6) is 5.75 Å². The van der Waals surface area contributed by atoms with Crippen LogP contribution in [0.25, 0.3) is 0 Å². The molecule has 0 saturated carbocycles. The molecule has 1 N–H and O–H groups in total. The van der Waals surface area contributed by atoms with Gasteiger partial charge >= 0.3 is 0 Å². The monoisotopic (exact) mass is 260 g/mol. The Morgan fingerprint density at radius 3 is 3.00 bits per heavy atom. The first-order chi connectivity index (χ1) is 9.15. The first kappa shape index (κ1) is 12.5. The Bertz CT molecular complexity index is 527. The number of rotatable bonds is 2. The Morgan fingerprint density at radius 2 is 2.32 bits per heavy atom. The molecule has 0 aliphatic carbocycles. The lowest BCUT2D eigenvalue weighted by Gasteiger charge is -2.39. The molecule has 2 aliphatic rings. The van der Waals surface area contributed by atoms with Crippen molar-refractivity contribution in [3.63, 3.8) is 0 Å². The number of benzene rings is 1. The summed E-state index contributed by atoms with van der Waals surface area (Å²) in [7, 11) is 1.72. The SMILES string of the molecule is COc1cccc2c1C[C@@H](C)OC2(C)C1=NCCN1. The first-order valence-electron chi connectivity index (χ1n) is 6.78. The van der Waals surface area contributed by atoms with Crippen molar-refractivity contribution < 1.29 is 9.47 Å². The minimum Gasteiger partial charge on any atom is -0.496 e. The van der Waals surface area contributed by atoms with E-state index in [9.17, 15) is 0 Å². The molecule has 2 aliphatic heterocycles. The van der Waals surface area contributed by atoms with Crippen molar-refractivity contribution in [2.75, 3.05) is 20.2 Å². The summed E-state index contributed by atoms with van der Waals surface area (Å²) in [6.45, 7) is 5.91. The molecule has 0 radical (unpaired) electrons. The molecule has 0 aromatic heterocycles. The van der Waals surface area contributed by atoms with E-state index in [2.05, 4.69) is 30.2 Å². The molecule has 0 saturated heterocycles. The Hall–Kier alpha value is -1.55. The number of fused-ring (bicyclic) bond motifs is 1. The van der Waals surface area contributed by atoms with Gasteiger partial charge in [0.05, 0.1) is 19.8 Å². The highest BCUT2D eigenvalue weighted by Gasteiger charge is 2.42. The Balaban J connectivity index is 2.14. The largest absolute Gasteiger partial charge is 0.496 e. The number of methoxy groups -OCH3 is 1. The molecule has 4 nitrogen and oxygen atoms in total. The summed E-state index contributed by atoms with van der Waals surface area (Å²) >= 11 is 0. The average Bonchev–Trinajstić information content (AvgIpc) is 2.92. The molecule has 102 valence electrons. The number of hydrogen-bond donors (Lipinski definition) is 1. The highest BCUT2D eigenvalue weighted by Crippen LogP contribution is 2.40. The van der Waals surface area contributed by atoms with Gasteiger partial charge in [-0.05, 0) is 25.5 Å². The minimum atomic E-state index is -0.488. The molecule has 0 amide bonds. The summed E-state index contributed by atoms with van der Waals surface area (Å²) in [6, 6.07) is 6.15. The normalized spacial score (nSPS) is 29.4. The molecule has 2 atom stereocenters. The van der Waals surface area contributed by atoms with E-state index in [4.69, 9.17) is 9.47 Å². The van der Waals surface area contributed by atoms with Crippen molar-refractivity contribution >= 4 is 5.84 Å². The fourth-order valence-corrected chi connectivity index (χ4v) is 3.11. The standard InChI is InChI=1S/C15H20N2O2/c1-10-9-11-12(5-4-6-13(11)18-3)15(2,19-10)14-16-7-8-17-14/h4-6,10H,7-9H2,1-3H3,(H,16,17)/t10-,15?/m1/s1. The highest BCUT2D eigenvalue weighted by atomic mass is 16.5. The van der Waals surface area contributed by atoms with E-state index in [1.807, 2.05) is 12.1 Å². The van der Waals surface area contributed by atoms with Crippen LogP contribution in [0.2, 0.25) is 0 Å². The summed E-state index contributed by atoms with van der Waals surface area (Å²) in [5.41, 5.74) is 1.92. The molecule has 4 heteroatoms. The fraction of sp³-hybridized carbons (Fsp3) is 0.533. The van der Waals surface area contributed by atoms with Gasteiger partial charge in [0.2, 0.25) is 0 Å². The Morgan fingerprint density at radius 1 is 1.47 bits per heavy atom. The van der Waals surface area contributed by atoms with Crippen LogP contribution in [0.4, 0.5) is 0 Å². The lowest BCUT2D eigenvalue weighted by atomic mass is 9.84. The van der Waals surface area contributed by atoms with Crippen molar-refractivity contribution in [3.05, 3.63) is 29.3 Å². The first-order valence-corrected chi connectivity index (χ1v) is 6.78. The van der Waals surface area contributed by atoms with Gasteiger partial charge in [-0.15, -0.1) is 0 Å². The van der Waals surface area contributed by atoms with E-state index in [0.717, 1.165) is 36.7 Å². The molecular weight excluding hydrogens is 240 g/mol. The predicted molar refractivity (Wildman–Crippen MR) is 74.9 cm³/mol. The zero-order valence-corrected chi connectivity index (χ0v) is 11.7. The van der Waals surface area contributed by atoms with Crippen molar-refractivity contribution in [1.29, 1.82) is 0 Å². The Kier molecular flexibility index (Phi) is 2.97. The third-order valence-electron chi connectivity index (χ3n) is 3.92. The van der Waals surface area contributed by atoms with Crippen molar-refractivity contribution in [2.45, 2.75) is 32.0 Å². The number of ether oxygens (including phenoxy) is 2. The topological polar surface area (TPSA) is 42.9 Å². The second-order valence-corrected chi connectivity index (χ2v) is 5.31. The summed E-state index contributed by atoms with van der Waals surface area (Å²) in [6.07, 6.45) is 1.03. The van der Waals surface area contributed by atoms with E-state index in [0.29, 0.717) is 0 Å². The molecule has 19 heavy (non-hydrogen) atoms. The van der Waals surface area contributed by atoms with E-state index < -0.39 is 5.60 Å². The summed E-state index contributed by atoms with van der Waals surface area (Å²) in [5.74, 6) is 1.88. The van der Waals surface area contributed by atoms with Gasteiger partial charge in [-0.3, -0.25) is 4.99 Å². The van der Waals surface area contributed by atoms with Gasteiger partial charge < -0.3 is 14.8 Å². The van der Waals surface area contributed by atoms with E-state index in [1.165, 1.54) is 5.56 Å². The smallest absolute Gasteiger partial charge is 0.148 e. The zero-order valence-electron chi connectivity index (χ0n) is 11.7. The highest BCUT2D eigenvalue weighted by molar-refractivity contribution is 5.93. The quantitative estimate of drug-likeness (QED) is 0.883. The van der Waals surface area contributed by atoms with Gasteiger partial charge in [0.25, 0.3) is 0 Å². The number of amidine groups is 1. The predicted octanol–water partition coefficient (Wildman–Crippen LogP) is 1.87. The minimum absolute atomic E-state index is 0.152. The van der Waals surface area contributed by atoms with Crippen LogP contribution in [0.3, 0.4) is 0 Å². The average molecular weight is 260 g/mol. The van der Waals surface area contributed by atoms with Gasteiger partial charge in [-0.2, -0.15) is 0 Å². The molecule has 1 unspecified atom stereocenters. The second kappa shape index (κ2) is 4.53.